The zero-order chi connectivity index (χ0) is 18.0. The highest BCUT2D eigenvalue weighted by Gasteiger charge is 2.43. The topological polar surface area (TPSA) is 110 Å². The van der Waals surface area contributed by atoms with Crippen LogP contribution in [-0.2, 0) is 18.9 Å². The van der Waals surface area contributed by atoms with Gasteiger partial charge in [0.1, 0.15) is 22.5 Å². The summed E-state index contributed by atoms with van der Waals surface area (Å²) >= 11 is 0. The number of carbonyl (C=O) groups is 4. The molecule has 1 aromatic rings. The molecule has 0 unspecified atom stereocenters. The van der Waals surface area contributed by atoms with E-state index in [4.69, 9.17) is 9.47 Å². The van der Waals surface area contributed by atoms with Gasteiger partial charge in [-0.15, -0.1) is 0 Å². The molecule has 9 heteroatoms. The number of carbonyl (C=O) groups excluding carboxylic acids is 4. The Bertz CT molecular complexity index is 660. The van der Waals surface area contributed by atoms with Crippen molar-refractivity contribution in [1.29, 1.82) is 0 Å². The smallest absolute Gasteiger partial charge is 0.355 e. The van der Waals surface area contributed by atoms with Crippen LogP contribution in [0.1, 0.15) is 60.6 Å². The average molecular weight is 339 g/mol. The second-order valence-electron chi connectivity index (χ2n) is 5.01. The monoisotopic (exact) mass is 339 g/mol. The molecule has 0 N–H and O–H groups in total. The molecule has 9 nitrogen and oxygen atoms in total. The van der Waals surface area contributed by atoms with Crippen LogP contribution >= 0.6 is 0 Å². The molecule has 0 amide bonds. The first-order valence-corrected chi connectivity index (χ1v) is 7.04. The molecule has 1 aliphatic rings. The predicted octanol–water partition coefficient (Wildman–Crippen LogP) is 0.969. The third-order valence-electron chi connectivity index (χ3n) is 3.65. The van der Waals surface area contributed by atoms with Crippen molar-refractivity contribution in [2.24, 2.45) is 0 Å². The van der Waals surface area contributed by atoms with E-state index in [0.717, 1.165) is 28.4 Å². The minimum absolute atomic E-state index is 0.227. The summed E-state index contributed by atoms with van der Waals surface area (Å²) in [7, 11) is 4.44. The van der Waals surface area contributed by atoms with Gasteiger partial charge in [0.05, 0.1) is 28.4 Å². The van der Waals surface area contributed by atoms with Crippen molar-refractivity contribution in [3.05, 3.63) is 22.5 Å². The molecule has 0 spiro atoms. The third kappa shape index (κ3) is 2.72. The van der Waals surface area contributed by atoms with Crippen LogP contribution in [0.3, 0.4) is 0 Å². The molecule has 0 radical (unpaired) electrons. The number of ether oxygens (including phenoxy) is 4. The van der Waals surface area contributed by atoms with E-state index in [9.17, 15) is 19.2 Å². The lowest BCUT2D eigenvalue weighted by Gasteiger charge is -2.10. The summed E-state index contributed by atoms with van der Waals surface area (Å²) in [5.41, 5.74) is -1.20. The van der Waals surface area contributed by atoms with Crippen LogP contribution in [0.4, 0.5) is 0 Å². The fraction of sp³-hybridized carbons (Fsp3) is 0.467. The lowest BCUT2D eigenvalue weighted by Crippen LogP contribution is -2.17. The number of hydrogen-bond donors (Lipinski definition) is 0. The van der Waals surface area contributed by atoms with Gasteiger partial charge in [0.15, 0.2) is 0 Å². The van der Waals surface area contributed by atoms with Crippen molar-refractivity contribution in [2.75, 3.05) is 28.4 Å². The second-order valence-corrected chi connectivity index (χ2v) is 5.01. The Hall–Kier alpha value is -2.84. The number of esters is 4. The summed E-state index contributed by atoms with van der Waals surface area (Å²) in [6.07, 6.45) is 1.34. The van der Waals surface area contributed by atoms with E-state index in [1.54, 1.807) is 0 Å². The molecule has 24 heavy (non-hydrogen) atoms. The van der Waals surface area contributed by atoms with Gasteiger partial charge in [-0.05, 0) is 12.8 Å². The van der Waals surface area contributed by atoms with Crippen LogP contribution in [-0.4, -0.2) is 56.9 Å². The van der Waals surface area contributed by atoms with Crippen LogP contribution in [0, 0.1) is 0 Å². The fourth-order valence-electron chi connectivity index (χ4n) is 2.48. The molecule has 1 saturated carbocycles. The zero-order valence-electron chi connectivity index (χ0n) is 13.7. The molecule has 2 rings (SSSR count). The molecular weight excluding hydrogens is 322 g/mol. The predicted molar refractivity (Wildman–Crippen MR) is 78.1 cm³/mol. The lowest BCUT2D eigenvalue weighted by molar-refractivity contribution is 0.0530. The first kappa shape index (κ1) is 17.5. The van der Waals surface area contributed by atoms with E-state index in [0.29, 0.717) is 12.8 Å². The minimum atomic E-state index is -0.958. The van der Waals surface area contributed by atoms with E-state index in [-0.39, 0.29) is 28.6 Å². The van der Waals surface area contributed by atoms with Crippen molar-refractivity contribution in [2.45, 2.75) is 18.9 Å². The standard InChI is InChI=1S/C15H17NO8/c1-21-12(17)8-9(13(18)22-2)11(15(20)24-4)16(7-5-6-7)10(8)14(19)23-3/h7H,5-6H2,1-4H3. The summed E-state index contributed by atoms with van der Waals surface area (Å²) in [4.78, 5) is 48.9. The van der Waals surface area contributed by atoms with E-state index >= 15 is 0 Å². The van der Waals surface area contributed by atoms with Gasteiger partial charge >= 0.3 is 23.9 Å². The summed E-state index contributed by atoms with van der Waals surface area (Å²) in [5, 5.41) is 0. The zero-order valence-corrected chi connectivity index (χ0v) is 13.7. The second kappa shape index (κ2) is 6.73. The van der Waals surface area contributed by atoms with Crippen LogP contribution in [0.5, 0.6) is 0 Å². The number of hydrogen-bond acceptors (Lipinski definition) is 8. The highest BCUT2D eigenvalue weighted by atomic mass is 16.5. The molecule has 130 valence electrons. The van der Waals surface area contributed by atoms with Crippen molar-refractivity contribution in [3.63, 3.8) is 0 Å². The van der Waals surface area contributed by atoms with Crippen molar-refractivity contribution >= 4 is 23.9 Å². The molecule has 1 aromatic heterocycles. The number of rotatable bonds is 5. The van der Waals surface area contributed by atoms with Gasteiger partial charge in [-0.25, -0.2) is 19.2 Å². The third-order valence-corrected chi connectivity index (χ3v) is 3.65. The maximum Gasteiger partial charge on any atom is 0.355 e. The van der Waals surface area contributed by atoms with Crippen molar-refractivity contribution in [3.8, 4) is 0 Å². The van der Waals surface area contributed by atoms with Gasteiger partial charge in [0.2, 0.25) is 0 Å². The Morgan fingerprint density at radius 3 is 1.29 bits per heavy atom. The molecule has 1 aliphatic carbocycles. The molecule has 1 fully saturated rings. The molecule has 0 aliphatic heterocycles. The maximum atomic E-state index is 12.2. The Labute approximate surface area is 137 Å². The van der Waals surface area contributed by atoms with E-state index in [2.05, 4.69) is 9.47 Å². The van der Waals surface area contributed by atoms with Crippen LogP contribution in [0.15, 0.2) is 0 Å². The van der Waals surface area contributed by atoms with Crippen LogP contribution < -0.4 is 0 Å². The highest BCUT2D eigenvalue weighted by molar-refractivity contribution is 6.15. The molecule has 0 bridgehead atoms. The average Bonchev–Trinajstić information content (AvgIpc) is 3.38. The van der Waals surface area contributed by atoms with Gasteiger partial charge in [-0.1, -0.05) is 0 Å². The first-order chi connectivity index (χ1) is 11.4. The minimum Gasteiger partial charge on any atom is -0.465 e. The summed E-state index contributed by atoms with van der Waals surface area (Å²) in [5.74, 6) is -3.66. The fourth-order valence-corrected chi connectivity index (χ4v) is 2.48. The Balaban J connectivity index is 2.93. The first-order valence-electron chi connectivity index (χ1n) is 7.04. The van der Waals surface area contributed by atoms with Gasteiger partial charge in [-0.3, -0.25) is 0 Å². The quantitative estimate of drug-likeness (QED) is 0.576. The van der Waals surface area contributed by atoms with E-state index in [1.807, 2.05) is 0 Å². The summed E-state index contributed by atoms with van der Waals surface area (Å²) < 4.78 is 20.1. The van der Waals surface area contributed by atoms with Crippen molar-refractivity contribution < 1.29 is 38.1 Å². The molecule has 1 heterocycles. The van der Waals surface area contributed by atoms with E-state index < -0.39 is 23.9 Å². The molecular formula is C15H17NO8. The summed E-state index contributed by atoms with van der Waals surface area (Å²) in [6, 6.07) is -0.227. The molecule has 0 atom stereocenters. The number of nitrogens with zero attached hydrogens (tertiary/aromatic N) is 1. The Kier molecular flexibility index (Phi) is 4.91. The SMILES string of the molecule is COC(=O)c1c(C(=O)OC)c(C(=O)OC)n(C2CC2)c1C(=O)OC. The van der Waals surface area contributed by atoms with Crippen LogP contribution in [0.25, 0.3) is 0 Å². The van der Waals surface area contributed by atoms with E-state index in [1.165, 1.54) is 4.57 Å². The highest BCUT2D eigenvalue weighted by Crippen LogP contribution is 2.41. The number of methoxy groups -OCH3 is 4. The van der Waals surface area contributed by atoms with Crippen LogP contribution in [0.2, 0.25) is 0 Å². The van der Waals surface area contributed by atoms with Gasteiger partial charge < -0.3 is 23.5 Å². The Morgan fingerprint density at radius 1 is 0.708 bits per heavy atom. The van der Waals surface area contributed by atoms with Gasteiger partial charge in [-0.2, -0.15) is 0 Å². The normalized spacial score (nSPS) is 13.2. The summed E-state index contributed by atoms with van der Waals surface area (Å²) in [6.45, 7) is 0. The number of aromatic nitrogens is 1. The van der Waals surface area contributed by atoms with Gasteiger partial charge in [0.25, 0.3) is 0 Å². The maximum absolute atomic E-state index is 12.2. The lowest BCUT2D eigenvalue weighted by atomic mass is 10.1. The van der Waals surface area contributed by atoms with Gasteiger partial charge in [0, 0.05) is 6.04 Å². The van der Waals surface area contributed by atoms with Crippen molar-refractivity contribution in [1.82, 2.24) is 4.57 Å². The molecule has 0 saturated heterocycles. The Morgan fingerprint density at radius 2 is 1.04 bits per heavy atom. The largest absolute Gasteiger partial charge is 0.465 e. The molecule has 0 aromatic carbocycles.